The second kappa shape index (κ2) is 15.4. The number of carbonyl (C=O) groups is 3. The maximum absolute atomic E-state index is 13.5. The number of methoxy groups -OCH3 is 1. The van der Waals surface area contributed by atoms with Gasteiger partial charge in [0.1, 0.15) is 24.0 Å². The Morgan fingerprint density at radius 3 is 2.45 bits per heavy atom. The van der Waals surface area contributed by atoms with Crippen molar-refractivity contribution in [3.05, 3.63) is 48.3 Å². The van der Waals surface area contributed by atoms with Gasteiger partial charge in [-0.3, -0.25) is 9.59 Å². The van der Waals surface area contributed by atoms with Crippen molar-refractivity contribution in [1.82, 2.24) is 10.3 Å². The number of aromatic nitrogens is 1. The summed E-state index contributed by atoms with van der Waals surface area (Å²) >= 11 is 0. The van der Waals surface area contributed by atoms with Gasteiger partial charge in [0.05, 0.1) is 7.11 Å². The minimum absolute atomic E-state index is 0.00596. The van der Waals surface area contributed by atoms with Gasteiger partial charge in [0.15, 0.2) is 17.2 Å². The van der Waals surface area contributed by atoms with Crippen LogP contribution in [0.3, 0.4) is 0 Å². The zero-order valence-electron chi connectivity index (χ0n) is 24.7. The Morgan fingerprint density at radius 2 is 1.74 bits per heavy atom. The highest BCUT2D eigenvalue weighted by molar-refractivity contribution is 5.98. The molecule has 1 aliphatic carbocycles. The smallest absolute Gasteiger partial charge is 0.329 e. The molecule has 2 heterocycles. The Balaban J connectivity index is 1.50. The molecule has 1 aromatic carbocycles. The first-order chi connectivity index (χ1) is 20.4. The molecular weight excluding hydrogens is 540 g/mol. The van der Waals surface area contributed by atoms with Gasteiger partial charge in [0.2, 0.25) is 6.79 Å². The Kier molecular flexibility index (Phi) is 11.4. The van der Waals surface area contributed by atoms with E-state index in [4.69, 9.17) is 23.7 Å². The summed E-state index contributed by atoms with van der Waals surface area (Å²) in [6.07, 6.45) is 9.62. The van der Waals surface area contributed by atoms with E-state index in [0.717, 1.165) is 31.4 Å². The third-order valence-corrected chi connectivity index (χ3v) is 8.03. The van der Waals surface area contributed by atoms with Gasteiger partial charge in [-0.2, -0.15) is 0 Å². The Labute approximate surface area is 247 Å². The number of nitrogens with zero attached hydrogens (tertiary/aromatic N) is 1. The highest BCUT2D eigenvalue weighted by Crippen LogP contribution is 2.36. The van der Waals surface area contributed by atoms with E-state index in [2.05, 4.69) is 10.3 Å². The van der Waals surface area contributed by atoms with Crippen molar-refractivity contribution >= 4 is 17.8 Å². The molecular formula is C32H42N2O8. The second-order valence-electron chi connectivity index (χ2n) is 11.1. The lowest BCUT2D eigenvalue weighted by Gasteiger charge is -2.35. The molecule has 1 saturated heterocycles. The summed E-state index contributed by atoms with van der Waals surface area (Å²) in [5.74, 6) is 0.211. The van der Waals surface area contributed by atoms with Crippen LogP contribution in [-0.2, 0) is 19.1 Å². The first-order valence-corrected chi connectivity index (χ1v) is 14.9. The summed E-state index contributed by atoms with van der Waals surface area (Å²) in [5.41, 5.74) is -0.0960. The van der Waals surface area contributed by atoms with Crippen molar-refractivity contribution in [2.24, 2.45) is 11.8 Å². The maximum Gasteiger partial charge on any atom is 0.329 e. The molecule has 1 saturated carbocycles. The van der Waals surface area contributed by atoms with Crippen LogP contribution in [0.15, 0.2) is 42.6 Å². The van der Waals surface area contributed by atoms with Crippen LogP contribution in [0.25, 0.3) is 0 Å². The molecule has 0 spiro atoms. The molecule has 10 nitrogen and oxygen atoms in total. The van der Waals surface area contributed by atoms with Crippen LogP contribution in [0.4, 0.5) is 0 Å². The van der Waals surface area contributed by atoms with Gasteiger partial charge in [-0.1, -0.05) is 56.7 Å². The molecule has 0 bridgehead atoms. The largest absolute Gasteiger partial charge is 0.493 e. The summed E-state index contributed by atoms with van der Waals surface area (Å²) in [7, 11) is 1.42. The summed E-state index contributed by atoms with van der Waals surface area (Å²) in [6, 6.07) is 10.3. The number of rotatable bonds is 10. The van der Waals surface area contributed by atoms with Crippen LogP contribution >= 0.6 is 0 Å². The molecule has 0 unspecified atom stereocenters. The molecule has 4 rings (SSSR count). The van der Waals surface area contributed by atoms with E-state index in [9.17, 15) is 14.4 Å². The summed E-state index contributed by atoms with van der Waals surface area (Å²) in [6.45, 7) is 2.69. The number of nitrogens with one attached hydrogen (secondary N) is 1. The average molecular weight is 583 g/mol. The number of benzene rings is 1. The standard InChI is InChI=1S/C32H42N2O8/c1-21-29(42-25-14-5-4-6-15-25)24(19-23-11-7-8-12-23)13-9-10-16-26(32(37)41-21)34-31(36)28-30(40-20-39-22(2)35)27(38-3)17-18-33-28/h4-6,14-15,17-18,21,23-24,26,29H,7-13,16,19-20H2,1-3H3,(H,34,36)/t21-,24+,26-,29-/m0/s1. The van der Waals surface area contributed by atoms with Crippen molar-refractivity contribution in [2.75, 3.05) is 13.9 Å². The van der Waals surface area contributed by atoms with Crippen LogP contribution in [0, 0.1) is 11.8 Å². The van der Waals surface area contributed by atoms with Crippen LogP contribution in [0.1, 0.15) is 82.1 Å². The molecule has 10 heteroatoms. The van der Waals surface area contributed by atoms with E-state index in [1.165, 1.54) is 52.0 Å². The molecule has 0 radical (unpaired) electrons. The molecule has 2 aliphatic rings. The van der Waals surface area contributed by atoms with Crippen molar-refractivity contribution < 1.29 is 38.1 Å². The molecule has 1 aromatic heterocycles. The Morgan fingerprint density at radius 1 is 1.02 bits per heavy atom. The molecule has 2 fully saturated rings. The number of pyridine rings is 1. The van der Waals surface area contributed by atoms with Gasteiger partial charge >= 0.3 is 11.9 Å². The fourth-order valence-electron chi connectivity index (χ4n) is 5.95. The fraction of sp³-hybridized carbons (Fsp3) is 0.562. The number of para-hydroxylation sites is 1. The van der Waals surface area contributed by atoms with Crippen LogP contribution in [0.2, 0.25) is 0 Å². The van der Waals surface area contributed by atoms with Gasteiger partial charge in [0.25, 0.3) is 5.91 Å². The van der Waals surface area contributed by atoms with E-state index in [-0.39, 0.29) is 29.2 Å². The SMILES string of the molecule is COc1ccnc(C(=O)N[C@H]2CCCC[C@H](CC3CCCC3)[C@@H](Oc3ccccc3)[C@H](C)OC2=O)c1OCOC(C)=O. The minimum atomic E-state index is -0.891. The highest BCUT2D eigenvalue weighted by Gasteiger charge is 2.36. The van der Waals surface area contributed by atoms with Gasteiger partial charge in [0, 0.05) is 19.2 Å². The van der Waals surface area contributed by atoms with E-state index < -0.39 is 36.8 Å². The predicted octanol–water partition coefficient (Wildman–Crippen LogP) is 5.24. The third-order valence-electron chi connectivity index (χ3n) is 8.03. The van der Waals surface area contributed by atoms with Gasteiger partial charge in [-0.15, -0.1) is 0 Å². The summed E-state index contributed by atoms with van der Waals surface area (Å²) in [5, 5.41) is 2.79. The van der Waals surface area contributed by atoms with E-state index in [1.54, 1.807) is 0 Å². The zero-order chi connectivity index (χ0) is 29.9. The molecule has 2 aromatic rings. The molecule has 1 N–H and O–H groups in total. The van der Waals surface area contributed by atoms with Crippen LogP contribution in [-0.4, -0.2) is 55.0 Å². The molecule has 4 atom stereocenters. The number of amides is 1. The Hall–Kier alpha value is -3.82. The highest BCUT2D eigenvalue weighted by atomic mass is 16.7. The molecule has 228 valence electrons. The summed E-state index contributed by atoms with van der Waals surface area (Å²) in [4.78, 5) is 42.2. The number of hydrogen-bond acceptors (Lipinski definition) is 9. The zero-order valence-corrected chi connectivity index (χ0v) is 24.7. The number of ether oxygens (including phenoxy) is 5. The fourth-order valence-corrected chi connectivity index (χ4v) is 5.95. The van der Waals surface area contributed by atoms with Crippen LogP contribution < -0.4 is 19.5 Å². The Bertz CT molecular complexity index is 1180. The molecule has 1 aliphatic heterocycles. The molecule has 1 amide bonds. The lowest BCUT2D eigenvalue weighted by Crippen LogP contribution is -2.47. The molecule has 42 heavy (non-hydrogen) atoms. The minimum Gasteiger partial charge on any atom is -0.493 e. The first kappa shape index (κ1) is 31.1. The first-order valence-electron chi connectivity index (χ1n) is 14.9. The van der Waals surface area contributed by atoms with Gasteiger partial charge < -0.3 is 29.0 Å². The van der Waals surface area contributed by atoms with Gasteiger partial charge in [-0.25, -0.2) is 9.78 Å². The summed E-state index contributed by atoms with van der Waals surface area (Å²) < 4.78 is 28.2. The van der Waals surface area contributed by atoms with Gasteiger partial charge in [-0.05, 0) is 50.2 Å². The average Bonchev–Trinajstić information content (AvgIpc) is 3.50. The van der Waals surface area contributed by atoms with Crippen LogP contribution in [0.5, 0.6) is 17.2 Å². The number of carbonyl (C=O) groups excluding carboxylic acids is 3. The third kappa shape index (κ3) is 8.59. The second-order valence-corrected chi connectivity index (χ2v) is 11.1. The van der Waals surface area contributed by atoms with Crippen molar-refractivity contribution in [3.8, 4) is 17.2 Å². The number of esters is 2. The van der Waals surface area contributed by atoms with Crippen molar-refractivity contribution in [3.63, 3.8) is 0 Å². The monoisotopic (exact) mass is 582 g/mol. The van der Waals surface area contributed by atoms with E-state index in [0.29, 0.717) is 12.3 Å². The lowest BCUT2D eigenvalue weighted by molar-refractivity contribution is -0.158. The lowest BCUT2D eigenvalue weighted by atomic mass is 9.83. The van der Waals surface area contributed by atoms with Crippen molar-refractivity contribution in [1.29, 1.82) is 0 Å². The van der Waals surface area contributed by atoms with E-state index >= 15 is 0 Å². The normalized spacial score (nSPS) is 23.4. The quantitative estimate of drug-likeness (QED) is 0.296. The predicted molar refractivity (Wildman–Crippen MR) is 154 cm³/mol. The number of cyclic esters (lactones) is 1. The topological polar surface area (TPSA) is 122 Å². The van der Waals surface area contributed by atoms with Crippen molar-refractivity contribution in [2.45, 2.75) is 89.9 Å². The maximum atomic E-state index is 13.5. The number of hydrogen-bond donors (Lipinski definition) is 1. The van der Waals surface area contributed by atoms with E-state index in [1.807, 2.05) is 37.3 Å².